The molecule has 2 unspecified atom stereocenters. The molecule has 6 nitrogen and oxygen atoms in total. The van der Waals surface area contributed by atoms with Crippen molar-refractivity contribution in [3.63, 3.8) is 0 Å². The number of rotatable bonds is 2. The van der Waals surface area contributed by atoms with Crippen molar-refractivity contribution in [3.8, 4) is 0 Å². The molecule has 0 amide bonds. The number of carbonyl (C=O) groups excluding carboxylic acids is 1. The predicted octanol–water partition coefficient (Wildman–Crippen LogP) is 0.424. The largest absolute Gasteiger partial charge is 0.480 e. The standard InChI is InChI=1S/C11H12O6/c1-5-6-3-11(8(13)14,9(15)16)4-10(6,2)17-7(5)12/h6H,1,3-4H2,2H3,(H,13,14)(H,15,16). The number of aliphatic carboxylic acids is 2. The summed E-state index contributed by atoms with van der Waals surface area (Å²) in [6.45, 7) is 5.10. The monoisotopic (exact) mass is 240 g/mol. The molecule has 0 aromatic heterocycles. The Labute approximate surface area is 96.9 Å². The van der Waals surface area contributed by atoms with Crippen molar-refractivity contribution in [1.82, 2.24) is 0 Å². The van der Waals surface area contributed by atoms with Crippen molar-refractivity contribution >= 4 is 17.9 Å². The molecule has 1 saturated heterocycles. The predicted molar refractivity (Wildman–Crippen MR) is 54.1 cm³/mol. The summed E-state index contributed by atoms with van der Waals surface area (Å²) in [5.41, 5.74) is -2.79. The lowest BCUT2D eigenvalue weighted by atomic mass is 9.84. The first kappa shape index (κ1) is 11.6. The van der Waals surface area contributed by atoms with E-state index < -0.39 is 34.8 Å². The average molecular weight is 240 g/mol. The van der Waals surface area contributed by atoms with Gasteiger partial charge in [-0.3, -0.25) is 9.59 Å². The molecule has 0 aromatic rings. The van der Waals surface area contributed by atoms with Gasteiger partial charge in [-0.05, 0) is 13.3 Å². The van der Waals surface area contributed by atoms with Crippen LogP contribution in [-0.4, -0.2) is 33.7 Å². The minimum Gasteiger partial charge on any atom is -0.480 e. The van der Waals surface area contributed by atoms with Gasteiger partial charge in [0.05, 0.1) is 0 Å². The molecular weight excluding hydrogens is 228 g/mol. The van der Waals surface area contributed by atoms with Crippen LogP contribution in [0.4, 0.5) is 0 Å². The summed E-state index contributed by atoms with van der Waals surface area (Å²) in [7, 11) is 0. The summed E-state index contributed by atoms with van der Waals surface area (Å²) in [6, 6.07) is 0. The van der Waals surface area contributed by atoms with Crippen LogP contribution in [0.5, 0.6) is 0 Å². The first-order chi connectivity index (χ1) is 7.73. The number of hydrogen-bond donors (Lipinski definition) is 2. The number of esters is 1. The van der Waals surface area contributed by atoms with E-state index in [1.165, 1.54) is 0 Å². The second-order valence-corrected chi connectivity index (χ2v) is 4.85. The summed E-state index contributed by atoms with van der Waals surface area (Å²) in [5.74, 6) is -3.90. The van der Waals surface area contributed by atoms with Crippen LogP contribution in [-0.2, 0) is 19.1 Å². The lowest BCUT2D eigenvalue weighted by molar-refractivity contribution is -0.168. The maximum atomic E-state index is 11.3. The van der Waals surface area contributed by atoms with Crippen molar-refractivity contribution in [1.29, 1.82) is 0 Å². The highest BCUT2D eigenvalue weighted by atomic mass is 16.6. The lowest BCUT2D eigenvalue weighted by Gasteiger charge is -2.23. The minimum absolute atomic E-state index is 0.154. The summed E-state index contributed by atoms with van der Waals surface area (Å²) in [4.78, 5) is 33.7. The third kappa shape index (κ3) is 1.30. The van der Waals surface area contributed by atoms with E-state index in [0.717, 1.165) is 0 Å². The van der Waals surface area contributed by atoms with E-state index in [2.05, 4.69) is 6.58 Å². The van der Waals surface area contributed by atoms with Crippen LogP contribution in [0, 0.1) is 11.3 Å². The van der Waals surface area contributed by atoms with Gasteiger partial charge in [-0.15, -0.1) is 0 Å². The molecule has 1 aliphatic heterocycles. The SMILES string of the molecule is C=C1C(=O)OC2(C)CC(C(=O)O)(C(=O)O)CC12. The Hall–Kier alpha value is -1.85. The maximum Gasteiger partial charge on any atom is 0.334 e. The molecule has 2 rings (SSSR count). The molecule has 92 valence electrons. The Morgan fingerprint density at radius 3 is 2.35 bits per heavy atom. The Morgan fingerprint density at radius 2 is 1.94 bits per heavy atom. The molecule has 2 aliphatic rings. The molecule has 1 saturated carbocycles. The minimum atomic E-state index is -1.89. The Kier molecular flexibility index (Phi) is 2.11. The second-order valence-electron chi connectivity index (χ2n) is 4.85. The number of fused-ring (bicyclic) bond motifs is 1. The quantitative estimate of drug-likeness (QED) is 0.412. The van der Waals surface area contributed by atoms with E-state index in [0.29, 0.717) is 0 Å². The third-order valence-electron chi connectivity index (χ3n) is 3.77. The van der Waals surface area contributed by atoms with Crippen LogP contribution < -0.4 is 0 Å². The number of carbonyl (C=O) groups is 3. The van der Waals surface area contributed by atoms with Gasteiger partial charge in [0, 0.05) is 17.9 Å². The van der Waals surface area contributed by atoms with Gasteiger partial charge in [-0.2, -0.15) is 0 Å². The van der Waals surface area contributed by atoms with Crippen LogP contribution >= 0.6 is 0 Å². The number of carboxylic acids is 2. The van der Waals surface area contributed by atoms with Gasteiger partial charge in [0.1, 0.15) is 5.60 Å². The van der Waals surface area contributed by atoms with Crippen molar-refractivity contribution in [2.24, 2.45) is 11.3 Å². The van der Waals surface area contributed by atoms with Gasteiger partial charge in [-0.1, -0.05) is 6.58 Å². The van der Waals surface area contributed by atoms with E-state index in [1.807, 2.05) is 0 Å². The lowest BCUT2D eigenvalue weighted by Crippen LogP contribution is -2.39. The van der Waals surface area contributed by atoms with Crippen molar-refractivity contribution in [3.05, 3.63) is 12.2 Å². The Balaban J connectivity index is 2.43. The summed E-state index contributed by atoms with van der Waals surface area (Å²) < 4.78 is 5.08. The van der Waals surface area contributed by atoms with E-state index in [1.54, 1.807) is 6.92 Å². The molecular formula is C11H12O6. The van der Waals surface area contributed by atoms with Gasteiger partial charge in [-0.25, -0.2) is 4.79 Å². The second kappa shape index (κ2) is 3.09. The molecule has 6 heteroatoms. The first-order valence-electron chi connectivity index (χ1n) is 5.12. The van der Waals surface area contributed by atoms with Gasteiger partial charge >= 0.3 is 17.9 Å². The van der Waals surface area contributed by atoms with Gasteiger partial charge < -0.3 is 14.9 Å². The molecule has 0 radical (unpaired) electrons. The number of hydrogen-bond acceptors (Lipinski definition) is 4. The van der Waals surface area contributed by atoms with Crippen LogP contribution in [0.1, 0.15) is 19.8 Å². The zero-order valence-corrected chi connectivity index (χ0v) is 9.23. The fraction of sp³-hybridized carbons (Fsp3) is 0.545. The molecule has 17 heavy (non-hydrogen) atoms. The highest BCUT2D eigenvalue weighted by Gasteiger charge is 2.66. The molecule has 1 aliphatic carbocycles. The van der Waals surface area contributed by atoms with Gasteiger partial charge in [0.25, 0.3) is 0 Å². The first-order valence-corrected chi connectivity index (χ1v) is 5.12. The summed E-state index contributed by atoms with van der Waals surface area (Å²) >= 11 is 0. The molecule has 1 heterocycles. The topological polar surface area (TPSA) is 101 Å². The van der Waals surface area contributed by atoms with E-state index in [-0.39, 0.29) is 18.4 Å². The van der Waals surface area contributed by atoms with E-state index in [9.17, 15) is 14.4 Å². The Morgan fingerprint density at radius 1 is 1.41 bits per heavy atom. The molecule has 2 N–H and O–H groups in total. The average Bonchev–Trinajstić information content (AvgIpc) is 2.60. The highest BCUT2D eigenvalue weighted by Crippen LogP contribution is 2.56. The fourth-order valence-corrected chi connectivity index (χ4v) is 2.79. The highest BCUT2D eigenvalue weighted by molar-refractivity contribution is 6.00. The van der Waals surface area contributed by atoms with Crippen molar-refractivity contribution in [2.45, 2.75) is 25.4 Å². The van der Waals surface area contributed by atoms with Crippen LogP contribution in [0.15, 0.2) is 12.2 Å². The van der Waals surface area contributed by atoms with Gasteiger partial charge in [0.15, 0.2) is 5.41 Å². The third-order valence-corrected chi connectivity index (χ3v) is 3.77. The van der Waals surface area contributed by atoms with Crippen LogP contribution in [0.3, 0.4) is 0 Å². The van der Waals surface area contributed by atoms with Crippen LogP contribution in [0.25, 0.3) is 0 Å². The molecule has 0 aromatic carbocycles. The normalized spacial score (nSPS) is 34.3. The zero-order chi connectivity index (χ0) is 13.0. The molecule has 2 atom stereocenters. The molecule has 0 spiro atoms. The van der Waals surface area contributed by atoms with Crippen molar-refractivity contribution in [2.75, 3.05) is 0 Å². The number of carboxylic acid groups (broad SMARTS) is 2. The van der Waals surface area contributed by atoms with E-state index >= 15 is 0 Å². The maximum absolute atomic E-state index is 11.3. The summed E-state index contributed by atoms with van der Waals surface area (Å²) in [6.07, 6.45) is -0.376. The molecule has 0 bridgehead atoms. The Bertz CT molecular complexity index is 437. The zero-order valence-electron chi connectivity index (χ0n) is 9.23. The van der Waals surface area contributed by atoms with E-state index in [4.69, 9.17) is 14.9 Å². The summed E-state index contributed by atoms with van der Waals surface area (Å²) in [5, 5.41) is 18.2. The van der Waals surface area contributed by atoms with Crippen LogP contribution in [0.2, 0.25) is 0 Å². The fourth-order valence-electron chi connectivity index (χ4n) is 2.79. The molecule has 2 fully saturated rings. The van der Waals surface area contributed by atoms with Crippen molar-refractivity contribution < 1.29 is 29.3 Å². The number of ether oxygens (including phenoxy) is 1. The van der Waals surface area contributed by atoms with Gasteiger partial charge in [0.2, 0.25) is 0 Å². The smallest absolute Gasteiger partial charge is 0.334 e.